The lowest BCUT2D eigenvalue weighted by Gasteiger charge is -2.39. The molecule has 1 rings (SSSR count). The maximum Gasteiger partial charge on any atom is 0.188 e. The number of ether oxygens (including phenoxy) is 2. The van der Waals surface area contributed by atoms with E-state index in [0.29, 0.717) is 0 Å². The minimum atomic E-state index is -1.48. The van der Waals surface area contributed by atoms with Crippen LogP contribution in [0.25, 0.3) is 0 Å². The summed E-state index contributed by atoms with van der Waals surface area (Å²) in [5.41, 5.74) is 2.31. The van der Waals surface area contributed by atoms with Crippen molar-refractivity contribution >= 4 is 0 Å². The molecule has 0 spiro atoms. The van der Waals surface area contributed by atoms with Gasteiger partial charge in [0.15, 0.2) is 6.29 Å². The second-order valence-electron chi connectivity index (χ2n) is 3.74. The molecule has 0 aromatic carbocycles. The molecule has 0 aromatic heterocycles. The summed E-state index contributed by atoms with van der Waals surface area (Å²) in [5, 5.41) is 47.6. The molecule has 0 bridgehead atoms. The van der Waals surface area contributed by atoms with Gasteiger partial charge < -0.3 is 35.1 Å². The summed E-state index contributed by atoms with van der Waals surface area (Å²) in [6.45, 7) is -0.733. The molecule has 0 aromatic rings. The van der Waals surface area contributed by atoms with Crippen molar-refractivity contribution in [2.45, 2.75) is 30.7 Å². The zero-order valence-corrected chi connectivity index (χ0v) is 9.31. The van der Waals surface area contributed by atoms with Crippen LogP contribution < -0.4 is 10.6 Å². The van der Waals surface area contributed by atoms with Gasteiger partial charge in [-0.1, -0.05) is 0 Å². The van der Waals surface area contributed by atoms with Crippen molar-refractivity contribution in [1.29, 1.82) is 0 Å². The molecule has 1 saturated heterocycles. The second-order valence-corrected chi connectivity index (χ2v) is 3.74. The molecule has 1 fully saturated rings. The Bertz CT molecular complexity index is 228. The van der Waals surface area contributed by atoms with Gasteiger partial charge in [0.1, 0.15) is 31.1 Å². The van der Waals surface area contributed by atoms with Gasteiger partial charge >= 0.3 is 0 Å². The SMILES string of the molecule is C[NH+]([O-])NCOC1OC(CO)C(O)C(O)C1O. The fraction of sp³-hybridized carbons (Fsp3) is 1.00. The number of aliphatic hydroxyl groups is 4. The molecule has 6 N–H and O–H groups in total. The first kappa shape index (κ1) is 14.7. The maximum atomic E-state index is 10.6. The van der Waals surface area contributed by atoms with Crippen molar-refractivity contribution in [2.24, 2.45) is 0 Å². The van der Waals surface area contributed by atoms with Gasteiger partial charge in [-0.25, -0.2) is 0 Å². The lowest BCUT2D eigenvalue weighted by molar-refractivity contribution is -0.878. The quantitative estimate of drug-likeness (QED) is 0.212. The van der Waals surface area contributed by atoms with Gasteiger partial charge in [-0.3, -0.25) is 5.17 Å². The summed E-state index contributed by atoms with van der Waals surface area (Å²) in [5.74, 6) is 0. The highest BCUT2D eigenvalue weighted by Crippen LogP contribution is 2.21. The Morgan fingerprint density at radius 3 is 2.47 bits per heavy atom. The van der Waals surface area contributed by atoms with Crippen LogP contribution >= 0.6 is 0 Å². The Morgan fingerprint density at radius 1 is 1.29 bits per heavy atom. The number of rotatable bonds is 5. The molecule has 9 heteroatoms. The van der Waals surface area contributed by atoms with Gasteiger partial charge in [0.2, 0.25) is 0 Å². The number of hydrogen-bond donors (Lipinski definition) is 6. The van der Waals surface area contributed by atoms with Crippen molar-refractivity contribution in [1.82, 2.24) is 5.43 Å². The average Bonchev–Trinajstić information content (AvgIpc) is 2.29. The van der Waals surface area contributed by atoms with Crippen molar-refractivity contribution in [3.8, 4) is 0 Å². The van der Waals surface area contributed by atoms with Crippen LogP contribution in [-0.2, 0) is 9.47 Å². The topological polar surface area (TPSA) is 139 Å². The number of hydrogen-bond acceptors (Lipinski definition) is 8. The molecule has 1 aliphatic heterocycles. The van der Waals surface area contributed by atoms with Crippen LogP contribution in [0.4, 0.5) is 0 Å². The molecule has 102 valence electrons. The summed E-state index contributed by atoms with van der Waals surface area (Å²) >= 11 is 0. The van der Waals surface area contributed by atoms with Crippen LogP contribution in [0.2, 0.25) is 0 Å². The molecule has 1 heterocycles. The van der Waals surface area contributed by atoms with E-state index >= 15 is 0 Å². The average molecular weight is 254 g/mol. The van der Waals surface area contributed by atoms with E-state index in [2.05, 4.69) is 5.43 Å². The first-order valence-electron chi connectivity index (χ1n) is 5.14. The zero-order valence-electron chi connectivity index (χ0n) is 9.31. The standard InChI is InChI=1S/C8H18N2O7/c1-10(15)9-3-16-8-7(14)6(13)5(12)4(2-11)17-8/h4-14H,2-3H2,1H3. The van der Waals surface area contributed by atoms with Crippen molar-refractivity contribution in [2.75, 3.05) is 20.4 Å². The first-order valence-corrected chi connectivity index (χ1v) is 5.14. The maximum absolute atomic E-state index is 10.6. The van der Waals surface area contributed by atoms with Crippen LogP contribution in [0.3, 0.4) is 0 Å². The van der Waals surface area contributed by atoms with Crippen LogP contribution in [0, 0.1) is 5.21 Å². The Kier molecular flexibility index (Phi) is 5.66. The molecule has 17 heavy (non-hydrogen) atoms. The molecule has 1 aliphatic rings. The van der Waals surface area contributed by atoms with Gasteiger partial charge in [0, 0.05) is 0 Å². The Hall–Kier alpha value is -0.360. The van der Waals surface area contributed by atoms with Crippen LogP contribution in [0.5, 0.6) is 0 Å². The fourth-order valence-electron chi connectivity index (χ4n) is 1.43. The van der Waals surface area contributed by atoms with E-state index in [1.54, 1.807) is 0 Å². The van der Waals surface area contributed by atoms with E-state index in [-0.39, 0.29) is 11.9 Å². The smallest absolute Gasteiger partial charge is 0.188 e. The highest BCUT2D eigenvalue weighted by atomic mass is 16.7. The van der Waals surface area contributed by atoms with Crippen molar-refractivity contribution in [3.63, 3.8) is 0 Å². The minimum absolute atomic E-state index is 0.210. The molecular formula is C8H18N2O7. The molecule has 6 unspecified atom stereocenters. The normalized spacial score (nSPS) is 40.2. The lowest BCUT2D eigenvalue weighted by atomic mass is 9.99. The highest BCUT2D eigenvalue weighted by molar-refractivity contribution is 4.88. The molecular weight excluding hydrogens is 236 g/mol. The van der Waals surface area contributed by atoms with E-state index in [4.69, 9.17) is 14.6 Å². The first-order chi connectivity index (χ1) is 7.97. The third-order valence-electron chi connectivity index (χ3n) is 2.42. The number of quaternary nitrogens is 1. The molecule has 0 amide bonds. The molecule has 0 radical (unpaired) electrons. The van der Waals surface area contributed by atoms with Gasteiger partial charge in [0.05, 0.1) is 13.7 Å². The van der Waals surface area contributed by atoms with E-state index in [1.165, 1.54) is 7.05 Å². The summed E-state index contributed by atoms with van der Waals surface area (Å²) in [4.78, 5) is 0. The Labute approximate surface area is 97.7 Å². The van der Waals surface area contributed by atoms with Crippen LogP contribution in [-0.4, -0.2) is 71.5 Å². The van der Waals surface area contributed by atoms with Gasteiger partial charge in [-0.05, 0) is 0 Å². The predicted octanol–water partition coefficient (Wildman–Crippen LogP) is -4.72. The summed E-state index contributed by atoms with van der Waals surface area (Å²) in [7, 11) is 1.29. The van der Waals surface area contributed by atoms with E-state index in [1.807, 2.05) is 0 Å². The summed E-state index contributed by atoms with van der Waals surface area (Å²) in [6, 6.07) is 0. The van der Waals surface area contributed by atoms with Crippen molar-refractivity contribution in [3.05, 3.63) is 5.21 Å². The van der Waals surface area contributed by atoms with E-state index in [9.17, 15) is 20.5 Å². The lowest BCUT2D eigenvalue weighted by Crippen LogP contribution is -3.11. The monoisotopic (exact) mass is 254 g/mol. The predicted molar refractivity (Wildman–Crippen MR) is 53.1 cm³/mol. The summed E-state index contributed by atoms with van der Waals surface area (Å²) < 4.78 is 10.00. The molecule has 6 atom stereocenters. The van der Waals surface area contributed by atoms with Gasteiger partial charge in [-0.15, -0.1) is 5.43 Å². The number of hydroxylamine groups is 1. The molecule has 9 nitrogen and oxygen atoms in total. The van der Waals surface area contributed by atoms with Gasteiger partial charge in [0.25, 0.3) is 0 Å². The Balaban J connectivity index is 2.47. The fourth-order valence-corrected chi connectivity index (χ4v) is 1.43. The molecule has 0 aliphatic carbocycles. The van der Waals surface area contributed by atoms with Crippen LogP contribution in [0.15, 0.2) is 0 Å². The zero-order chi connectivity index (χ0) is 13.0. The third kappa shape index (κ3) is 3.81. The number of nitrogens with one attached hydrogen (secondary N) is 2. The largest absolute Gasteiger partial charge is 0.613 e. The third-order valence-corrected chi connectivity index (χ3v) is 2.42. The van der Waals surface area contributed by atoms with Gasteiger partial charge in [-0.2, -0.15) is 0 Å². The van der Waals surface area contributed by atoms with E-state index in [0.717, 1.165) is 0 Å². The Morgan fingerprint density at radius 2 is 1.94 bits per heavy atom. The highest BCUT2D eigenvalue weighted by Gasteiger charge is 2.43. The molecule has 0 saturated carbocycles. The number of aliphatic hydroxyl groups excluding tert-OH is 4. The minimum Gasteiger partial charge on any atom is -0.613 e. The van der Waals surface area contributed by atoms with Crippen LogP contribution in [0.1, 0.15) is 0 Å². The second kappa shape index (κ2) is 6.54. The van der Waals surface area contributed by atoms with Crippen molar-refractivity contribution < 1.29 is 35.1 Å². The van der Waals surface area contributed by atoms with E-state index < -0.39 is 37.3 Å². The summed E-state index contributed by atoms with van der Waals surface area (Å²) in [6.07, 6.45) is -6.60.